The Bertz CT molecular complexity index is 836. The van der Waals surface area contributed by atoms with Gasteiger partial charge in [0.05, 0.1) is 11.1 Å². The number of pyridine rings is 1. The summed E-state index contributed by atoms with van der Waals surface area (Å²) in [7, 11) is 0. The number of aryl methyl sites for hydroxylation is 2. The number of rotatable bonds is 3. The van der Waals surface area contributed by atoms with Crippen molar-refractivity contribution in [1.82, 2.24) is 9.88 Å². The van der Waals surface area contributed by atoms with Crippen molar-refractivity contribution in [2.24, 2.45) is 5.73 Å². The molecule has 2 aliphatic rings. The van der Waals surface area contributed by atoms with Crippen LogP contribution in [0.15, 0.2) is 18.2 Å². The van der Waals surface area contributed by atoms with Crippen LogP contribution in [0.4, 0.5) is 0 Å². The maximum absolute atomic E-state index is 13.4. The fourth-order valence-electron chi connectivity index (χ4n) is 4.13. The monoisotopic (exact) mass is 409 g/mol. The highest BCUT2D eigenvalue weighted by atomic mass is 35.5. The van der Waals surface area contributed by atoms with Crippen LogP contribution in [0.25, 0.3) is 10.9 Å². The molecule has 1 atom stereocenters. The van der Waals surface area contributed by atoms with Crippen molar-refractivity contribution in [1.29, 1.82) is 0 Å². The molecule has 1 saturated heterocycles. The normalized spacial score (nSPS) is 19.4. The lowest BCUT2D eigenvalue weighted by molar-refractivity contribution is 0.0625. The molecule has 6 heteroatoms. The summed E-state index contributed by atoms with van der Waals surface area (Å²) in [6, 6.07) is 6.49. The van der Waals surface area contributed by atoms with Gasteiger partial charge in [-0.15, -0.1) is 24.8 Å². The van der Waals surface area contributed by atoms with Gasteiger partial charge in [0, 0.05) is 36.1 Å². The lowest BCUT2D eigenvalue weighted by Crippen LogP contribution is -2.47. The van der Waals surface area contributed by atoms with Gasteiger partial charge in [-0.1, -0.05) is 11.6 Å². The number of carbonyl (C=O) groups excluding carboxylic acids is 1. The molecule has 4 nitrogen and oxygen atoms in total. The van der Waals surface area contributed by atoms with Crippen molar-refractivity contribution >= 4 is 41.6 Å². The summed E-state index contributed by atoms with van der Waals surface area (Å²) in [5.74, 6) is 0.665. The maximum atomic E-state index is 13.4. The third-order valence-electron chi connectivity index (χ3n) is 5.65. The van der Waals surface area contributed by atoms with E-state index in [4.69, 9.17) is 10.7 Å². The quantitative estimate of drug-likeness (QED) is 0.809. The summed E-state index contributed by atoms with van der Waals surface area (Å²) >= 11 is 0. The van der Waals surface area contributed by atoms with Gasteiger partial charge in [0.2, 0.25) is 0 Å². The second kappa shape index (κ2) is 8.76. The number of amides is 1. The molecular formula is C21H29Cl2N3O. The highest BCUT2D eigenvalue weighted by Crippen LogP contribution is 2.41. The van der Waals surface area contributed by atoms with E-state index in [2.05, 4.69) is 32.0 Å². The van der Waals surface area contributed by atoms with Crippen LogP contribution in [0.1, 0.15) is 65.2 Å². The molecule has 148 valence electrons. The Balaban J connectivity index is 0.00000131. The first-order valence-corrected chi connectivity index (χ1v) is 9.51. The van der Waals surface area contributed by atoms with Crippen LogP contribution < -0.4 is 5.73 Å². The number of nitrogens with zero attached hydrogens (tertiary/aromatic N) is 2. The average Bonchev–Trinajstić information content (AvgIpc) is 3.45. The van der Waals surface area contributed by atoms with Crippen LogP contribution in [0, 0.1) is 13.8 Å². The Hall–Kier alpha value is -1.36. The molecule has 2 N–H and O–H groups in total. The van der Waals surface area contributed by atoms with Gasteiger partial charge in [0.1, 0.15) is 0 Å². The first kappa shape index (κ1) is 21.9. The van der Waals surface area contributed by atoms with Crippen LogP contribution in [0.3, 0.4) is 0 Å². The summed E-state index contributed by atoms with van der Waals surface area (Å²) < 4.78 is 0. The molecule has 0 bridgehead atoms. The van der Waals surface area contributed by atoms with Crippen LogP contribution in [-0.4, -0.2) is 34.9 Å². The van der Waals surface area contributed by atoms with Gasteiger partial charge in [0.15, 0.2) is 0 Å². The number of piperidine rings is 1. The number of hydrogen-bond acceptors (Lipinski definition) is 3. The van der Waals surface area contributed by atoms with Gasteiger partial charge in [-0.05, 0) is 63.6 Å². The number of benzene rings is 1. The lowest BCUT2D eigenvalue weighted by atomic mass is 9.97. The molecule has 4 rings (SSSR count). The van der Waals surface area contributed by atoms with Crippen molar-refractivity contribution in [3.8, 4) is 0 Å². The number of aromatic nitrogens is 1. The highest BCUT2D eigenvalue weighted by molar-refractivity contribution is 6.07. The smallest absolute Gasteiger partial charge is 0.254 e. The van der Waals surface area contributed by atoms with Crippen LogP contribution in [0.2, 0.25) is 0 Å². The van der Waals surface area contributed by atoms with Crippen LogP contribution >= 0.6 is 24.8 Å². The molecule has 2 aromatic rings. The molecule has 1 aliphatic heterocycles. The second-order valence-electron chi connectivity index (χ2n) is 7.73. The third-order valence-corrected chi connectivity index (χ3v) is 5.65. The van der Waals surface area contributed by atoms with E-state index in [9.17, 15) is 4.79 Å². The summed E-state index contributed by atoms with van der Waals surface area (Å²) in [6.07, 6.45) is 5.62. The highest BCUT2D eigenvalue weighted by Gasteiger charge is 2.31. The zero-order chi connectivity index (χ0) is 17.6. The van der Waals surface area contributed by atoms with Crippen molar-refractivity contribution in [2.45, 2.75) is 57.9 Å². The number of hydrogen-bond donors (Lipinski definition) is 1. The van der Waals surface area contributed by atoms with Crippen molar-refractivity contribution in [3.05, 3.63) is 40.6 Å². The molecule has 0 radical (unpaired) electrons. The summed E-state index contributed by atoms with van der Waals surface area (Å²) in [5.41, 5.74) is 11.2. The molecule has 0 spiro atoms. The summed E-state index contributed by atoms with van der Waals surface area (Å²) in [5, 5.41) is 0.994. The minimum absolute atomic E-state index is 0. The van der Waals surface area contributed by atoms with Gasteiger partial charge in [0.25, 0.3) is 5.91 Å². The zero-order valence-corrected chi connectivity index (χ0v) is 17.7. The molecule has 1 unspecified atom stereocenters. The third kappa shape index (κ3) is 4.23. The van der Waals surface area contributed by atoms with E-state index in [1.54, 1.807) is 0 Å². The minimum atomic E-state index is 0. The second-order valence-corrected chi connectivity index (χ2v) is 7.73. The van der Waals surface area contributed by atoms with E-state index in [0.717, 1.165) is 53.5 Å². The first-order valence-electron chi connectivity index (χ1n) is 9.51. The Morgan fingerprint density at radius 3 is 2.56 bits per heavy atom. The van der Waals surface area contributed by atoms with Crippen molar-refractivity contribution in [3.63, 3.8) is 0 Å². The fraction of sp³-hybridized carbons (Fsp3) is 0.524. The lowest BCUT2D eigenvalue weighted by Gasteiger charge is -2.35. The van der Waals surface area contributed by atoms with E-state index >= 15 is 0 Å². The number of halogens is 2. The molecular weight excluding hydrogens is 381 g/mol. The fourth-order valence-corrected chi connectivity index (χ4v) is 4.13. The molecule has 1 saturated carbocycles. The molecule has 1 amide bonds. The van der Waals surface area contributed by atoms with E-state index in [1.165, 1.54) is 18.4 Å². The van der Waals surface area contributed by atoms with Gasteiger partial charge in [-0.3, -0.25) is 9.78 Å². The van der Waals surface area contributed by atoms with Crippen molar-refractivity contribution in [2.75, 3.05) is 13.1 Å². The van der Waals surface area contributed by atoms with Gasteiger partial charge in [-0.2, -0.15) is 0 Å². The van der Waals surface area contributed by atoms with Gasteiger partial charge < -0.3 is 10.6 Å². The molecule has 27 heavy (non-hydrogen) atoms. The average molecular weight is 410 g/mol. The Morgan fingerprint density at radius 2 is 1.89 bits per heavy atom. The topological polar surface area (TPSA) is 59.2 Å². The predicted octanol–water partition coefficient (Wildman–Crippen LogP) is 4.53. The van der Waals surface area contributed by atoms with Crippen LogP contribution in [-0.2, 0) is 0 Å². The summed E-state index contributed by atoms with van der Waals surface area (Å²) in [6.45, 7) is 5.53. The Morgan fingerprint density at radius 1 is 1.15 bits per heavy atom. The van der Waals surface area contributed by atoms with Crippen molar-refractivity contribution < 1.29 is 4.79 Å². The van der Waals surface area contributed by atoms with Gasteiger partial charge >= 0.3 is 0 Å². The molecule has 1 aromatic carbocycles. The van der Waals surface area contributed by atoms with E-state index in [0.29, 0.717) is 12.5 Å². The summed E-state index contributed by atoms with van der Waals surface area (Å²) in [4.78, 5) is 20.4. The minimum Gasteiger partial charge on any atom is -0.334 e. The largest absolute Gasteiger partial charge is 0.334 e. The van der Waals surface area contributed by atoms with E-state index < -0.39 is 0 Å². The SMILES string of the molecule is Cc1cc(C)c2nc(C3CC3)cc(C(=O)N3CCCCC3CN)c2c1.Cl.Cl. The van der Waals surface area contributed by atoms with E-state index in [1.807, 2.05) is 4.90 Å². The number of fused-ring (bicyclic) bond motifs is 1. The maximum Gasteiger partial charge on any atom is 0.254 e. The Labute approximate surface area is 173 Å². The molecule has 2 heterocycles. The predicted molar refractivity (Wildman–Crippen MR) is 115 cm³/mol. The first-order chi connectivity index (χ1) is 12.1. The Kier molecular flexibility index (Phi) is 7.12. The number of likely N-dealkylation sites (tertiary alicyclic amines) is 1. The standard InChI is InChI=1S/C21H27N3O.2ClH/c1-13-9-14(2)20-17(10-13)18(11-19(23-20)15-6-7-15)21(25)24-8-4-3-5-16(24)12-22;;/h9-11,15-16H,3-8,12,22H2,1-2H3;2*1H. The molecule has 2 fully saturated rings. The molecule has 1 aliphatic carbocycles. The number of carbonyl (C=O) groups is 1. The molecule has 1 aromatic heterocycles. The van der Waals surface area contributed by atoms with E-state index in [-0.39, 0.29) is 36.8 Å². The zero-order valence-electron chi connectivity index (χ0n) is 16.0. The number of nitrogens with two attached hydrogens (primary N) is 1. The van der Waals surface area contributed by atoms with Crippen LogP contribution in [0.5, 0.6) is 0 Å². The van der Waals surface area contributed by atoms with Gasteiger partial charge in [-0.25, -0.2) is 0 Å².